The van der Waals surface area contributed by atoms with Crippen molar-refractivity contribution >= 4 is 11.6 Å². The molecule has 3 rings (SSSR count). The van der Waals surface area contributed by atoms with Crippen LogP contribution in [0.2, 0.25) is 5.02 Å². The highest BCUT2D eigenvalue weighted by Crippen LogP contribution is 2.24. The van der Waals surface area contributed by atoms with E-state index >= 15 is 0 Å². The summed E-state index contributed by atoms with van der Waals surface area (Å²) in [4.78, 5) is 5.22. The summed E-state index contributed by atoms with van der Waals surface area (Å²) < 4.78 is 0. The third-order valence-electron chi connectivity index (χ3n) is 5.20. The third-order valence-corrected chi connectivity index (χ3v) is 5.43. The van der Waals surface area contributed by atoms with Crippen LogP contribution in [-0.4, -0.2) is 53.7 Å². The molecule has 2 heterocycles. The molecule has 1 atom stereocenters. The van der Waals surface area contributed by atoms with E-state index in [2.05, 4.69) is 21.9 Å². The normalized spacial score (nSPS) is 25.5. The molecule has 122 valence electrons. The Balaban J connectivity index is 1.53. The van der Waals surface area contributed by atoms with Crippen LogP contribution in [-0.2, 0) is 6.54 Å². The molecular formula is C18H27ClN2O. The summed E-state index contributed by atoms with van der Waals surface area (Å²) in [5, 5.41) is 10.1. The van der Waals surface area contributed by atoms with Crippen molar-refractivity contribution in [1.29, 1.82) is 0 Å². The molecule has 0 amide bonds. The van der Waals surface area contributed by atoms with Crippen molar-refractivity contribution in [2.45, 2.75) is 38.3 Å². The molecule has 1 unspecified atom stereocenters. The van der Waals surface area contributed by atoms with Gasteiger partial charge in [0.1, 0.15) is 0 Å². The maximum atomic E-state index is 9.28. The molecule has 4 heteroatoms. The van der Waals surface area contributed by atoms with E-state index in [1.165, 1.54) is 24.9 Å². The molecule has 0 bridgehead atoms. The van der Waals surface area contributed by atoms with Crippen molar-refractivity contribution in [3.8, 4) is 0 Å². The topological polar surface area (TPSA) is 26.7 Å². The van der Waals surface area contributed by atoms with Gasteiger partial charge in [-0.1, -0.05) is 23.7 Å². The molecule has 1 aromatic rings. The predicted molar refractivity (Wildman–Crippen MR) is 91.1 cm³/mol. The van der Waals surface area contributed by atoms with Crippen LogP contribution in [0.15, 0.2) is 24.3 Å². The number of aliphatic hydroxyl groups excluding tert-OH is 1. The molecule has 1 N–H and O–H groups in total. The second kappa shape index (κ2) is 7.78. The lowest BCUT2D eigenvalue weighted by Crippen LogP contribution is -2.50. The van der Waals surface area contributed by atoms with E-state index in [0.717, 1.165) is 44.0 Å². The van der Waals surface area contributed by atoms with Crippen molar-refractivity contribution in [1.82, 2.24) is 9.80 Å². The Morgan fingerprint density at radius 1 is 1.14 bits per heavy atom. The van der Waals surface area contributed by atoms with Crippen LogP contribution in [0, 0.1) is 5.92 Å². The number of benzene rings is 1. The van der Waals surface area contributed by atoms with Crippen LogP contribution in [0.3, 0.4) is 0 Å². The SMILES string of the molecule is OCC1CCN(C2CCCN(Cc3cccc(Cl)c3)C2)CC1. The van der Waals surface area contributed by atoms with Crippen LogP contribution in [0.5, 0.6) is 0 Å². The van der Waals surface area contributed by atoms with E-state index in [-0.39, 0.29) is 0 Å². The highest BCUT2D eigenvalue weighted by Gasteiger charge is 2.28. The lowest BCUT2D eigenvalue weighted by molar-refractivity contribution is 0.0544. The highest BCUT2D eigenvalue weighted by atomic mass is 35.5. The minimum Gasteiger partial charge on any atom is -0.396 e. The molecule has 0 spiro atoms. The number of hydrogen-bond acceptors (Lipinski definition) is 3. The van der Waals surface area contributed by atoms with Gasteiger partial charge in [0, 0.05) is 30.8 Å². The van der Waals surface area contributed by atoms with Gasteiger partial charge in [0.05, 0.1) is 0 Å². The second-order valence-electron chi connectivity index (χ2n) is 6.82. The maximum Gasteiger partial charge on any atom is 0.0460 e. The van der Waals surface area contributed by atoms with E-state index in [0.29, 0.717) is 18.6 Å². The number of halogens is 1. The molecule has 2 fully saturated rings. The van der Waals surface area contributed by atoms with Gasteiger partial charge in [-0.05, 0) is 68.9 Å². The molecule has 2 aliphatic heterocycles. The van der Waals surface area contributed by atoms with Gasteiger partial charge in [-0.3, -0.25) is 9.80 Å². The van der Waals surface area contributed by atoms with E-state index in [4.69, 9.17) is 11.6 Å². The summed E-state index contributed by atoms with van der Waals surface area (Å²) in [6, 6.07) is 8.92. The zero-order valence-corrected chi connectivity index (χ0v) is 14.0. The summed E-state index contributed by atoms with van der Waals surface area (Å²) in [6.45, 7) is 6.03. The van der Waals surface area contributed by atoms with E-state index < -0.39 is 0 Å². The molecule has 0 aromatic heterocycles. The second-order valence-corrected chi connectivity index (χ2v) is 7.26. The Hall–Kier alpha value is -0.610. The standard InChI is InChI=1S/C18H27ClN2O/c19-17-4-1-3-16(11-17)12-20-8-2-5-18(13-20)21-9-6-15(14-22)7-10-21/h1,3-4,11,15,18,22H,2,5-10,12-14H2. The number of piperidine rings is 2. The fourth-order valence-corrected chi connectivity index (χ4v) is 4.08. The average Bonchev–Trinajstić information content (AvgIpc) is 2.55. The molecule has 1 aromatic carbocycles. The van der Waals surface area contributed by atoms with Gasteiger partial charge in [0.15, 0.2) is 0 Å². The molecule has 0 saturated carbocycles. The highest BCUT2D eigenvalue weighted by molar-refractivity contribution is 6.30. The number of likely N-dealkylation sites (tertiary alicyclic amines) is 2. The van der Waals surface area contributed by atoms with E-state index in [1.807, 2.05) is 12.1 Å². The summed E-state index contributed by atoms with van der Waals surface area (Å²) in [5.74, 6) is 0.530. The predicted octanol–water partition coefficient (Wildman–Crippen LogP) is 3.01. The molecular weight excluding hydrogens is 296 g/mol. The number of nitrogens with zero attached hydrogens (tertiary/aromatic N) is 2. The number of rotatable bonds is 4. The van der Waals surface area contributed by atoms with Crippen molar-refractivity contribution in [2.24, 2.45) is 5.92 Å². The van der Waals surface area contributed by atoms with Crippen LogP contribution in [0.1, 0.15) is 31.2 Å². The van der Waals surface area contributed by atoms with Crippen molar-refractivity contribution < 1.29 is 5.11 Å². The van der Waals surface area contributed by atoms with Gasteiger partial charge in [-0.15, -0.1) is 0 Å². The Kier molecular flexibility index (Phi) is 5.75. The van der Waals surface area contributed by atoms with E-state index in [9.17, 15) is 5.11 Å². The molecule has 3 nitrogen and oxygen atoms in total. The molecule has 2 saturated heterocycles. The Labute approximate surface area is 138 Å². The third kappa shape index (κ3) is 4.23. The van der Waals surface area contributed by atoms with Gasteiger partial charge < -0.3 is 5.11 Å². The largest absolute Gasteiger partial charge is 0.396 e. The van der Waals surface area contributed by atoms with Crippen molar-refractivity contribution in [3.63, 3.8) is 0 Å². The Morgan fingerprint density at radius 2 is 1.95 bits per heavy atom. The Bertz CT molecular complexity index is 474. The monoisotopic (exact) mass is 322 g/mol. The maximum absolute atomic E-state index is 9.28. The minimum absolute atomic E-state index is 0.361. The number of aliphatic hydroxyl groups is 1. The number of hydrogen-bond donors (Lipinski definition) is 1. The first-order chi connectivity index (χ1) is 10.7. The summed E-state index contributed by atoms with van der Waals surface area (Å²) in [6.07, 6.45) is 4.91. The lowest BCUT2D eigenvalue weighted by Gasteiger charge is -2.42. The van der Waals surface area contributed by atoms with Gasteiger partial charge in [-0.25, -0.2) is 0 Å². The minimum atomic E-state index is 0.361. The van der Waals surface area contributed by atoms with Gasteiger partial charge in [-0.2, -0.15) is 0 Å². The van der Waals surface area contributed by atoms with Crippen LogP contribution < -0.4 is 0 Å². The summed E-state index contributed by atoms with van der Waals surface area (Å²) in [5.41, 5.74) is 1.31. The fraction of sp³-hybridized carbons (Fsp3) is 0.667. The smallest absolute Gasteiger partial charge is 0.0460 e. The van der Waals surface area contributed by atoms with E-state index in [1.54, 1.807) is 0 Å². The van der Waals surface area contributed by atoms with Gasteiger partial charge >= 0.3 is 0 Å². The zero-order valence-electron chi connectivity index (χ0n) is 13.3. The lowest BCUT2D eigenvalue weighted by atomic mass is 9.94. The molecule has 2 aliphatic rings. The summed E-state index contributed by atoms with van der Waals surface area (Å²) in [7, 11) is 0. The van der Waals surface area contributed by atoms with Crippen LogP contribution >= 0.6 is 11.6 Å². The molecule has 0 radical (unpaired) electrons. The first-order valence-electron chi connectivity index (χ1n) is 8.56. The van der Waals surface area contributed by atoms with Crippen LogP contribution in [0.4, 0.5) is 0 Å². The van der Waals surface area contributed by atoms with Gasteiger partial charge in [0.25, 0.3) is 0 Å². The fourth-order valence-electron chi connectivity index (χ4n) is 3.87. The first-order valence-corrected chi connectivity index (χ1v) is 8.94. The molecule has 0 aliphatic carbocycles. The quantitative estimate of drug-likeness (QED) is 0.923. The average molecular weight is 323 g/mol. The van der Waals surface area contributed by atoms with Crippen molar-refractivity contribution in [3.05, 3.63) is 34.9 Å². The van der Waals surface area contributed by atoms with Crippen molar-refractivity contribution in [2.75, 3.05) is 32.8 Å². The van der Waals surface area contributed by atoms with Crippen LogP contribution in [0.25, 0.3) is 0 Å². The van der Waals surface area contributed by atoms with Gasteiger partial charge in [0.2, 0.25) is 0 Å². The Morgan fingerprint density at radius 3 is 2.68 bits per heavy atom. The zero-order chi connectivity index (χ0) is 15.4. The summed E-state index contributed by atoms with van der Waals surface area (Å²) >= 11 is 6.09. The first kappa shape index (κ1) is 16.3. The molecule has 22 heavy (non-hydrogen) atoms.